The molecule has 3 heteroatoms. The van der Waals surface area contributed by atoms with Gasteiger partial charge >= 0.3 is 0 Å². The quantitative estimate of drug-likeness (QED) is 0.865. The molecule has 2 N–H and O–H groups in total. The number of H-pyrrole nitrogens is 1. The first-order valence-corrected chi connectivity index (χ1v) is 7.08. The molecule has 100 valence electrons. The second-order valence-corrected chi connectivity index (χ2v) is 5.52. The van der Waals surface area contributed by atoms with E-state index < -0.39 is 0 Å². The number of aromatic amines is 1. The van der Waals surface area contributed by atoms with Crippen LogP contribution in [0.3, 0.4) is 0 Å². The third-order valence-electron chi connectivity index (χ3n) is 3.97. The summed E-state index contributed by atoms with van der Waals surface area (Å²) < 4.78 is 0. The Morgan fingerprint density at radius 1 is 1.26 bits per heavy atom. The molecule has 0 spiro atoms. The number of rotatable bonds is 2. The van der Waals surface area contributed by atoms with Gasteiger partial charge in [0, 0.05) is 23.7 Å². The lowest BCUT2D eigenvalue weighted by molar-refractivity contribution is 0.455. The maximum absolute atomic E-state index is 4.58. The van der Waals surface area contributed by atoms with Crippen molar-refractivity contribution in [2.75, 3.05) is 13.1 Å². The number of nitrogens with one attached hydrogen (secondary N) is 2. The van der Waals surface area contributed by atoms with Crippen molar-refractivity contribution >= 4 is 0 Å². The summed E-state index contributed by atoms with van der Waals surface area (Å²) in [5.41, 5.74) is 6.29. The van der Waals surface area contributed by atoms with Gasteiger partial charge in [-0.1, -0.05) is 29.8 Å². The number of benzene rings is 1. The molecule has 19 heavy (non-hydrogen) atoms. The van der Waals surface area contributed by atoms with Crippen molar-refractivity contribution < 1.29 is 0 Å². The minimum Gasteiger partial charge on any atom is -0.316 e. The van der Waals surface area contributed by atoms with Gasteiger partial charge in [0.1, 0.15) is 0 Å². The number of aromatic nitrogens is 2. The summed E-state index contributed by atoms with van der Waals surface area (Å²) in [6, 6.07) is 8.70. The molecule has 2 heterocycles. The minimum absolute atomic E-state index is 0.536. The molecule has 1 unspecified atom stereocenters. The molecular formula is C16H21N3. The fourth-order valence-electron chi connectivity index (χ4n) is 2.99. The van der Waals surface area contributed by atoms with Crippen LogP contribution < -0.4 is 5.32 Å². The smallest absolute Gasteiger partial charge is 0.0746 e. The largest absolute Gasteiger partial charge is 0.316 e. The van der Waals surface area contributed by atoms with Crippen molar-refractivity contribution in [2.45, 2.75) is 32.6 Å². The number of piperidine rings is 1. The molecule has 1 atom stereocenters. The highest BCUT2D eigenvalue weighted by Crippen LogP contribution is 2.33. The van der Waals surface area contributed by atoms with Crippen LogP contribution in [0.1, 0.15) is 35.7 Å². The van der Waals surface area contributed by atoms with Crippen LogP contribution in [0.5, 0.6) is 0 Å². The Morgan fingerprint density at radius 2 is 2.16 bits per heavy atom. The van der Waals surface area contributed by atoms with E-state index in [9.17, 15) is 0 Å². The zero-order chi connectivity index (χ0) is 13.2. The highest BCUT2D eigenvalue weighted by atomic mass is 15.1. The van der Waals surface area contributed by atoms with E-state index in [-0.39, 0.29) is 0 Å². The summed E-state index contributed by atoms with van der Waals surface area (Å²) in [5.74, 6) is 0.536. The molecule has 0 radical (unpaired) electrons. The summed E-state index contributed by atoms with van der Waals surface area (Å²) in [7, 11) is 0. The van der Waals surface area contributed by atoms with Crippen LogP contribution in [0.2, 0.25) is 0 Å². The van der Waals surface area contributed by atoms with E-state index >= 15 is 0 Å². The summed E-state index contributed by atoms with van der Waals surface area (Å²) in [6.07, 6.45) is 2.47. The molecule has 1 aromatic carbocycles. The minimum atomic E-state index is 0.536. The predicted molar refractivity (Wildman–Crippen MR) is 78.3 cm³/mol. The first-order valence-electron chi connectivity index (χ1n) is 7.08. The second kappa shape index (κ2) is 5.17. The second-order valence-electron chi connectivity index (χ2n) is 5.52. The van der Waals surface area contributed by atoms with Crippen LogP contribution in [-0.2, 0) is 0 Å². The Kier molecular flexibility index (Phi) is 3.38. The average molecular weight is 255 g/mol. The molecule has 0 saturated carbocycles. The Hall–Kier alpha value is -1.61. The van der Waals surface area contributed by atoms with Gasteiger partial charge in [-0.15, -0.1) is 0 Å². The van der Waals surface area contributed by atoms with Gasteiger partial charge in [-0.25, -0.2) is 0 Å². The Bertz CT molecular complexity index is 565. The third-order valence-corrected chi connectivity index (χ3v) is 3.97. The zero-order valence-corrected chi connectivity index (χ0v) is 11.7. The zero-order valence-electron chi connectivity index (χ0n) is 11.7. The van der Waals surface area contributed by atoms with Crippen LogP contribution >= 0.6 is 0 Å². The average Bonchev–Trinajstić information content (AvgIpc) is 2.82. The van der Waals surface area contributed by atoms with Gasteiger partial charge in [-0.3, -0.25) is 5.10 Å². The van der Waals surface area contributed by atoms with Gasteiger partial charge < -0.3 is 5.32 Å². The van der Waals surface area contributed by atoms with Crippen LogP contribution in [0, 0.1) is 13.8 Å². The number of nitrogens with zero attached hydrogens (tertiary/aromatic N) is 1. The Morgan fingerprint density at radius 3 is 2.89 bits per heavy atom. The van der Waals surface area contributed by atoms with Crippen molar-refractivity contribution in [3.63, 3.8) is 0 Å². The fraction of sp³-hybridized carbons (Fsp3) is 0.438. The molecule has 1 aliphatic heterocycles. The van der Waals surface area contributed by atoms with E-state index in [1.54, 1.807) is 0 Å². The lowest BCUT2D eigenvalue weighted by Crippen LogP contribution is -2.28. The molecular weight excluding hydrogens is 234 g/mol. The molecule has 0 amide bonds. The van der Waals surface area contributed by atoms with Crippen molar-refractivity contribution in [2.24, 2.45) is 0 Å². The topological polar surface area (TPSA) is 40.7 Å². The summed E-state index contributed by atoms with van der Waals surface area (Å²) >= 11 is 0. The van der Waals surface area contributed by atoms with E-state index in [4.69, 9.17) is 0 Å². The van der Waals surface area contributed by atoms with E-state index in [1.807, 2.05) is 0 Å². The van der Waals surface area contributed by atoms with Gasteiger partial charge in [-0.2, -0.15) is 5.10 Å². The van der Waals surface area contributed by atoms with Crippen molar-refractivity contribution in [3.05, 3.63) is 41.2 Å². The molecule has 0 bridgehead atoms. The first kappa shape index (κ1) is 12.4. The summed E-state index contributed by atoms with van der Waals surface area (Å²) in [5, 5.41) is 11.2. The number of hydrogen-bond donors (Lipinski definition) is 2. The molecule has 1 fully saturated rings. The standard InChI is InChI=1S/C16H21N3/c1-11-5-3-6-13(9-11)15-12(2)18-19-16(15)14-7-4-8-17-10-14/h3,5-6,9,14,17H,4,7-8,10H2,1-2H3,(H,18,19). The number of aryl methyl sites for hydroxylation is 2. The Labute approximate surface area is 114 Å². The molecule has 3 nitrogen and oxygen atoms in total. The predicted octanol–water partition coefficient (Wildman–Crippen LogP) is 3.16. The first-order chi connectivity index (χ1) is 9.25. The Balaban J connectivity index is 2.03. The lowest BCUT2D eigenvalue weighted by Gasteiger charge is -2.22. The molecule has 0 aliphatic carbocycles. The van der Waals surface area contributed by atoms with Crippen LogP contribution in [0.25, 0.3) is 11.1 Å². The van der Waals surface area contributed by atoms with Crippen LogP contribution in [0.4, 0.5) is 0 Å². The molecule has 3 rings (SSSR count). The summed E-state index contributed by atoms with van der Waals surface area (Å²) in [6.45, 7) is 6.44. The van der Waals surface area contributed by atoms with Crippen molar-refractivity contribution in [1.82, 2.24) is 15.5 Å². The van der Waals surface area contributed by atoms with Gasteiger partial charge in [0.2, 0.25) is 0 Å². The van der Waals surface area contributed by atoms with Gasteiger partial charge in [0.25, 0.3) is 0 Å². The maximum Gasteiger partial charge on any atom is 0.0746 e. The van der Waals surface area contributed by atoms with E-state index in [0.29, 0.717) is 5.92 Å². The maximum atomic E-state index is 4.58. The van der Waals surface area contributed by atoms with Crippen LogP contribution in [-0.4, -0.2) is 23.3 Å². The molecule has 1 aromatic heterocycles. The SMILES string of the molecule is Cc1cccc(-c2c(C3CCCNC3)n[nH]c2C)c1. The highest BCUT2D eigenvalue weighted by molar-refractivity contribution is 5.69. The third kappa shape index (κ3) is 2.43. The molecule has 2 aromatic rings. The fourth-order valence-corrected chi connectivity index (χ4v) is 2.99. The van der Waals surface area contributed by atoms with Gasteiger partial charge in [-0.05, 0) is 38.8 Å². The highest BCUT2D eigenvalue weighted by Gasteiger charge is 2.23. The molecule has 1 saturated heterocycles. The van der Waals surface area contributed by atoms with E-state index in [2.05, 4.69) is 53.6 Å². The molecule has 1 aliphatic rings. The van der Waals surface area contributed by atoms with E-state index in [0.717, 1.165) is 13.1 Å². The number of hydrogen-bond acceptors (Lipinski definition) is 2. The van der Waals surface area contributed by atoms with Crippen molar-refractivity contribution in [1.29, 1.82) is 0 Å². The lowest BCUT2D eigenvalue weighted by atomic mass is 9.90. The normalized spacial score (nSPS) is 19.6. The van der Waals surface area contributed by atoms with E-state index in [1.165, 1.54) is 40.9 Å². The summed E-state index contributed by atoms with van der Waals surface area (Å²) in [4.78, 5) is 0. The monoisotopic (exact) mass is 255 g/mol. The van der Waals surface area contributed by atoms with Crippen LogP contribution in [0.15, 0.2) is 24.3 Å². The van der Waals surface area contributed by atoms with Gasteiger partial charge in [0.05, 0.1) is 5.69 Å². The van der Waals surface area contributed by atoms with Gasteiger partial charge in [0.15, 0.2) is 0 Å². The van der Waals surface area contributed by atoms with Crippen molar-refractivity contribution in [3.8, 4) is 11.1 Å².